The van der Waals surface area contributed by atoms with E-state index in [4.69, 9.17) is 0 Å². The van der Waals surface area contributed by atoms with Crippen LogP contribution in [0.1, 0.15) is 12.5 Å². The topological polar surface area (TPSA) is 0 Å². The molecule has 0 aromatic heterocycles. The molecular weight excluding hydrogens is 192 g/mol. The fourth-order valence-electron chi connectivity index (χ4n) is 2.27. The molecule has 3 rings (SSSR count). The van der Waals surface area contributed by atoms with E-state index in [1.165, 1.54) is 27.1 Å². The van der Waals surface area contributed by atoms with Crippen molar-refractivity contribution in [2.24, 2.45) is 0 Å². The maximum atomic E-state index is 3.29. The van der Waals surface area contributed by atoms with Gasteiger partial charge in [-0.15, -0.1) is 0 Å². The average molecular weight is 205 g/mol. The molecule has 0 N–H and O–H groups in total. The minimum atomic E-state index is 1.08. The fourth-order valence-corrected chi connectivity index (χ4v) is 2.27. The summed E-state index contributed by atoms with van der Waals surface area (Å²) in [6.45, 7) is 2.20. The molecule has 16 heavy (non-hydrogen) atoms. The molecule has 0 heterocycles. The number of hydrogen-bond acceptors (Lipinski definition) is 0. The summed E-state index contributed by atoms with van der Waals surface area (Å²) >= 11 is 0. The lowest BCUT2D eigenvalue weighted by molar-refractivity contribution is 1.16. The largest absolute Gasteiger partial charge is 0.0614 e. The number of hydrogen-bond donors (Lipinski definition) is 0. The zero-order valence-electron chi connectivity index (χ0n) is 9.33. The third kappa shape index (κ3) is 1.38. The fraction of sp³-hybridized carbons (Fsp3) is 0.125. The van der Waals surface area contributed by atoms with E-state index in [1.807, 2.05) is 12.1 Å². The minimum Gasteiger partial charge on any atom is -0.0614 e. The van der Waals surface area contributed by atoms with E-state index in [0.717, 1.165) is 6.42 Å². The molecule has 0 fully saturated rings. The van der Waals surface area contributed by atoms with Gasteiger partial charge >= 0.3 is 0 Å². The highest BCUT2D eigenvalue weighted by Crippen LogP contribution is 2.25. The van der Waals surface area contributed by atoms with Crippen LogP contribution >= 0.6 is 0 Å². The molecule has 0 aliphatic rings. The zero-order valence-corrected chi connectivity index (χ0v) is 9.33. The summed E-state index contributed by atoms with van der Waals surface area (Å²) in [4.78, 5) is 0. The Bertz CT molecular complexity index is 650. The quantitative estimate of drug-likeness (QED) is 0.518. The van der Waals surface area contributed by atoms with Gasteiger partial charge in [-0.3, -0.25) is 0 Å². The molecule has 0 saturated carbocycles. The van der Waals surface area contributed by atoms with Crippen LogP contribution in [0.2, 0.25) is 0 Å². The highest BCUT2D eigenvalue weighted by atomic mass is 14.0. The van der Waals surface area contributed by atoms with Crippen molar-refractivity contribution in [3.05, 3.63) is 60.2 Å². The lowest BCUT2D eigenvalue weighted by atomic mass is 9.99. The number of rotatable bonds is 1. The minimum absolute atomic E-state index is 1.08. The van der Waals surface area contributed by atoms with Gasteiger partial charge in [0.2, 0.25) is 0 Å². The van der Waals surface area contributed by atoms with Crippen molar-refractivity contribution in [1.82, 2.24) is 0 Å². The van der Waals surface area contributed by atoms with Crippen LogP contribution in [0.15, 0.2) is 48.5 Å². The second-order valence-corrected chi connectivity index (χ2v) is 4.10. The first-order chi connectivity index (χ1) is 7.88. The third-order valence-corrected chi connectivity index (χ3v) is 3.13. The summed E-state index contributed by atoms with van der Waals surface area (Å²) in [6, 6.07) is 20.5. The predicted molar refractivity (Wildman–Crippen MR) is 69.7 cm³/mol. The molecule has 0 aliphatic heterocycles. The van der Waals surface area contributed by atoms with Crippen molar-refractivity contribution in [1.29, 1.82) is 0 Å². The maximum Gasteiger partial charge on any atom is -0.00987 e. The Balaban J connectivity index is 2.46. The molecule has 3 aromatic carbocycles. The number of aryl methyl sites for hydroxylation is 1. The van der Waals surface area contributed by atoms with Crippen molar-refractivity contribution in [3.8, 4) is 0 Å². The van der Waals surface area contributed by atoms with Crippen molar-refractivity contribution < 1.29 is 0 Å². The Hall–Kier alpha value is -1.82. The molecule has 0 amide bonds. The molecule has 0 heteroatoms. The van der Waals surface area contributed by atoms with Crippen LogP contribution in [0.4, 0.5) is 0 Å². The smallest absolute Gasteiger partial charge is 0.00987 e. The Morgan fingerprint density at radius 2 is 1.88 bits per heavy atom. The van der Waals surface area contributed by atoms with E-state index in [2.05, 4.69) is 49.4 Å². The summed E-state index contributed by atoms with van der Waals surface area (Å²) in [7, 11) is 0. The second kappa shape index (κ2) is 3.64. The van der Waals surface area contributed by atoms with Gasteiger partial charge in [0.1, 0.15) is 0 Å². The normalized spacial score (nSPS) is 11.1. The molecule has 1 radical (unpaired) electrons. The Morgan fingerprint density at radius 3 is 2.75 bits per heavy atom. The standard InChI is InChI=1S/C16H13/c1-2-12-8-5-9-15-10-13-6-3-4-7-14(13)11-16(12)15/h3-6,8-11H,2H2,1H3. The Kier molecular flexibility index (Phi) is 2.14. The summed E-state index contributed by atoms with van der Waals surface area (Å²) in [5.41, 5.74) is 1.41. The van der Waals surface area contributed by atoms with E-state index in [1.54, 1.807) is 0 Å². The first kappa shape index (κ1) is 9.41. The Morgan fingerprint density at radius 1 is 1.00 bits per heavy atom. The van der Waals surface area contributed by atoms with Crippen LogP contribution in [0.5, 0.6) is 0 Å². The molecule has 0 spiro atoms. The van der Waals surface area contributed by atoms with E-state index >= 15 is 0 Å². The van der Waals surface area contributed by atoms with Crippen molar-refractivity contribution in [2.45, 2.75) is 13.3 Å². The summed E-state index contributed by atoms with van der Waals surface area (Å²) in [5.74, 6) is 0. The van der Waals surface area contributed by atoms with Crippen molar-refractivity contribution >= 4 is 21.5 Å². The molecular formula is C16H13. The molecule has 3 aromatic rings. The van der Waals surface area contributed by atoms with Gasteiger partial charge in [-0.25, -0.2) is 0 Å². The van der Waals surface area contributed by atoms with Crippen molar-refractivity contribution in [2.75, 3.05) is 0 Å². The van der Waals surface area contributed by atoms with Crippen LogP contribution in [-0.2, 0) is 6.42 Å². The molecule has 0 aliphatic carbocycles. The van der Waals surface area contributed by atoms with Crippen LogP contribution in [0.3, 0.4) is 0 Å². The summed E-state index contributed by atoms with van der Waals surface area (Å²) in [6.07, 6.45) is 1.08. The van der Waals surface area contributed by atoms with Crippen LogP contribution < -0.4 is 0 Å². The van der Waals surface area contributed by atoms with Gasteiger partial charge in [0.05, 0.1) is 0 Å². The Labute approximate surface area is 95.5 Å². The predicted octanol–water partition coefficient (Wildman–Crippen LogP) is 4.36. The molecule has 0 bridgehead atoms. The van der Waals surface area contributed by atoms with Crippen LogP contribution in [-0.4, -0.2) is 0 Å². The summed E-state index contributed by atoms with van der Waals surface area (Å²) < 4.78 is 0. The SMILES string of the molecule is CCc1cccc2cc3ccc[c]c3cc12. The van der Waals surface area contributed by atoms with E-state index < -0.39 is 0 Å². The highest BCUT2D eigenvalue weighted by Gasteiger charge is 2.01. The number of benzene rings is 3. The lowest BCUT2D eigenvalue weighted by Gasteiger charge is -2.06. The molecule has 0 saturated heterocycles. The number of fused-ring (bicyclic) bond motifs is 2. The first-order valence-electron chi connectivity index (χ1n) is 5.70. The third-order valence-electron chi connectivity index (χ3n) is 3.13. The van der Waals surface area contributed by atoms with Crippen LogP contribution in [0.25, 0.3) is 21.5 Å². The molecule has 0 atom stereocenters. The maximum absolute atomic E-state index is 3.29. The molecule has 77 valence electrons. The monoisotopic (exact) mass is 205 g/mol. The second-order valence-electron chi connectivity index (χ2n) is 4.10. The zero-order chi connectivity index (χ0) is 11.0. The van der Waals surface area contributed by atoms with Gasteiger partial charge in [0, 0.05) is 0 Å². The van der Waals surface area contributed by atoms with Gasteiger partial charge in [0.15, 0.2) is 0 Å². The van der Waals surface area contributed by atoms with E-state index in [9.17, 15) is 0 Å². The molecule has 0 unspecified atom stereocenters. The van der Waals surface area contributed by atoms with Crippen molar-refractivity contribution in [3.63, 3.8) is 0 Å². The van der Waals surface area contributed by atoms with Gasteiger partial charge in [-0.05, 0) is 51.7 Å². The highest BCUT2D eigenvalue weighted by molar-refractivity contribution is 5.99. The summed E-state index contributed by atoms with van der Waals surface area (Å²) in [5, 5.41) is 5.16. The van der Waals surface area contributed by atoms with E-state index in [0.29, 0.717) is 0 Å². The van der Waals surface area contributed by atoms with Gasteiger partial charge in [0.25, 0.3) is 0 Å². The van der Waals surface area contributed by atoms with Gasteiger partial charge < -0.3 is 0 Å². The average Bonchev–Trinajstić information content (AvgIpc) is 2.35. The first-order valence-corrected chi connectivity index (χ1v) is 5.70. The van der Waals surface area contributed by atoms with Gasteiger partial charge in [-0.2, -0.15) is 0 Å². The van der Waals surface area contributed by atoms with E-state index in [-0.39, 0.29) is 0 Å². The van der Waals surface area contributed by atoms with Crippen LogP contribution in [0, 0.1) is 6.07 Å². The molecule has 0 nitrogen and oxygen atoms in total. The van der Waals surface area contributed by atoms with Gasteiger partial charge in [-0.1, -0.05) is 43.3 Å². The lowest BCUT2D eigenvalue weighted by Crippen LogP contribution is -1.84.